The summed E-state index contributed by atoms with van der Waals surface area (Å²) in [6, 6.07) is 36.5. The zero-order chi connectivity index (χ0) is 35.3. The van der Waals surface area contributed by atoms with Gasteiger partial charge in [-0.05, 0) is 89.6 Å². The highest BCUT2D eigenvalue weighted by molar-refractivity contribution is 6.71. The van der Waals surface area contributed by atoms with Gasteiger partial charge in [-0.3, -0.25) is 0 Å². The standard InChI is InChI=1S/C42H18B8O/c43-35-31-29(19-8-2-1-3-9-19)32-34(38(46)42(50)40(48)36(32)44)30(33(31)37(45)41(49)39(35)47)21-14-15-27-22(16-21)18-28(51-27)26-17-20-10-4-5-11-23(20)24-12-6-7-13-25(24)26/h1-18H. The Bertz CT molecular complexity index is 2870. The maximum atomic E-state index is 6.90. The Morgan fingerprint density at radius 1 is 0.353 bits per heavy atom. The van der Waals surface area contributed by atoms with Crippen molar-refractivity contribution in [2.24, 2.45) is 0 Å². The molecule has 0 N–H and O–H groups in total. The molecule has 9 rings (SSSR count). The Morgan fingerprint density at radius 3 is 1.43 bits per heavy atom. The van der Waals surface area contributed by atoms with Crippen LogP contribution in [0.1, 0.15) is 0 Å². The van der Waals surface area contributed by atoms with Gasteiger partial charge in [-0.25, -0.2) is 0 Å². The van der Waals surface area contributed by atoms with Crippen molar-refractivity contribution < 1.29 is 4.42 Å². The fourth-order valence-electron chi connectivity index (χ4n) is 7.72. The van der Waals surface area contributed by atoms with Gasteiger partial charge in [0, 0.05) is 10.9 Å². The van der Waals surface area contributed by atoms with Crippen molar-refractivity contribution in [3.05, 3.63) is 109 Å². The predicted octanol–water partition coefficient (Wildman–Crippen LogP) is 2.40. The molecule has 16 radical (unpaired) electrons. The first-order chi connectivity index (χ1) is 24.7. The van der Waals surface area contributed by atoms with Gasteiger partial charge >= 0.3 is 0 Å². The number of hydrogen-bond acceptors (Lipinski definition) is 1. The lowest BCUT2D eigenvalue weighted by Crippen LogP contribution is -2.50. The van der Waals surface area contributed by atoms with Crippen molar-refractivity contribution in [2.75, 3.05) is 0 Å². The molecular weight excluding hydrogens is 607 g/mol. The Kier molecular flexibility index (Phi) is 7.30. The molecule has 0 amide bonds. The molecule has 0 saturated heterocycles. The molecule has 216 valence electrons. The third-order valence-electron chi connectivity index (χ3n) is 10.2. The van der Waals surface area contributed by atoms with Crippen LogP contribution in [0.3, 0.4) is 0 Å². The lowest BCUT2D eigenvalue weighted by atomic mass is 9.59. The van der Waals surface area contributed by atoms with Gasteiger partial charge in [0.25, 0.3) is 0 Å². The molecule has 0 fully saturated rings. The van der Waals surface area contributed by atoms with E-state index in [0.29, 0.717) is 38.3 Å². The second-order valence-electron chi connectivity index (χ2n) is 13.0. The first-order valence-corrected chi connectivity index (χ1v) is 16.4. The molecule has 0 unspecified atom stereocenters. The predicted molar refractivity (Wildman–Crippen MR) is 226 cm³/mol. The average Bonchev–Trinajstić information content (AvgIpc) is 3.60. The van der Waals surface area contributed by atoms with Crippen LogP contribution in [0, 0.1) is 0 Å². The van der Waals surface area contributed by atoms with Crippen molar-refractivity contribution in [2.45, 2.75) is 0 Å². The molecule has 9 aromatic rings. The van der Waals surface area contributed by atoms with Crippen molar-refractivity contribution in [3.63, 3.8) is 0 Å². The highest BCUT2D eigenvalue weighted by Gasteiger charge is 2.25. The van der Waals surface area contributed by atoms with Gasteiger partial charge in [-0.1, -0.05) is 107 Å². The Balaban J connectivity index is 1.41. The third kappa shape index (κ3) is 4.60. The first-order valence-electron chi connectivity index (χ1n) is 16.4. The van der Waals surface area contributed by atoms with E-state index < -0.39 is 0 Å². The number of benzene rings is 8. The van der Waals surface area contributed by atoms with Crippen LogP contribution in [-0.4, -0.2) is 62.8 Å². The van der Waals surface area contributed by atoms with E-state index in [9.17, 15) is 0 Å². The fourth-order valence-corrected chi connectivity index (χ4v) is 7.72. The summed E-state index contributed by atoms with van der Waals surface area (Å²) < 4.78 is 6.55. The monoisotopic (exact) mass is 626 g/mol. The van der Waals surface area contributed by atoms with E-state index in [-0.39, 0.29) is 43.7 Å². The molecule has 51 heavy (non-hydrogen) atoms. The van der Waals surface area contributed by atoms with Crippen LogP contribution < -0.4 is 43.7 Å². The average molecular weight is 625 g/mol. The molecule has 0 aliphatic rings. The van der Waals surface area contributed by atoms with Gasteiger partial charge in [0.05, 0.1) is 0 Å². The molecule has 1 heterocycles. The number of furan rings is 1. The third-order valence-corrected chi connectivity index (χ3v) is 10.2. The van der Waals surface area contributed by atoms with Gasteiger partial charge in [-0.2, -0.15) is 0 Å². The maximum Gasteiger partial charge on any atom is 0.136 e. The summed E-state index contributed by atoms with van der Waals surface area (Å²) in [6.45, 7) is 0. The van der Waals surface area contributed by atoms with Crippen molar-refractivity contribution in [1.82, 2.24) is 0 Å². The summed E-state index contributed by atoms with van der Waals surface area (Å²) in [5.41, 5.74) is 6.32. The van der Waals surface area contributed by atoms with Crippen molar-refractivity contribution in [1.29, 1.82) is 0 Å². The van der Waals surface area contributed by atoms with E-state index in [2.05, 4.69) is 42.5 Å². The highest BCUT2D eigenvalue weighted by atomic mass is 16.3. The minimum Gasteiger partial charge on any atom is -0.456 e. The lowest BCUT2D eigenvalue weighted by Gasteiger charge is -2.28. The Labute approximate surface area is 306 Å². The second kappa shape index (κ2) is 11.7. The van der Waals surface area contributed by atoms with E-state index in [0.717, 1.165) is 44.0 Å². The van der Waals surface area contributed by atoms with Gasteiger partial charge in [0.15, 0.2) is 0 Å². The molecule has 0 aliphatic heterocycles. The summed E-state index contributed by atoms with van der Waals surface area (Å²) >= 11 is 0. The minimum atomic E-state index is 0.171. The highest BCUT2D eigenvalue weighted by Crippen LogP contribution is 2.43. The molecule has 1 aromatic heterocycles. The molecular formula is C42H18B8O. The zero-order valence-corrected chi connectivity index (χ0v) is 27.4. The molecule has 0 aliphatic carbocycles. The van der Waals surface area contributed by atoms with Gasteiger partial charge in [-0.15, -0.1) is 21.9 Å². The van der Waals surface area contributed by atoms with Crippen LogP contribution in [-0.2, 0) is 0 Å². The van der Waals surface area contributed by atoms with Crippen LogP contribution in [0.15, 0.2) is 114 Å². The number of fused-ring (bicyclic) bond motifs is 6. The molecule has 0 bridgehead atoms. The number of hydrogen-bond donors (Lipinski definition) is 0. The van der Waals surface area contributed by atoms with E-state index in [1.165, 1.54) is 5.39 Å². The number of rotatable bonds is 3. The Hall–Kier alpha value is -5.14. The van der Waals surface area contributed by atoms with Crippen molar-refractivity contribution in [3.8, 4) is 33.6 Å². The quantitative estimate of drug-likeness (QED) is 0.167. The fraction of sp³-hybridized carbons (Fsp3) is 0. The molecule has 1 nitrogen and oxygen atoms in total. The van der Waals surface area contributed by atoms with E-state index in [1.807, 2.05) is 66.7 Å². The summed E-state index contributed by atoms with van der Waals surface area (Å²) in [5, 5.41) is 7.72. The van der Waals surface area contributed by atoms with E-state index in [4.69, 9.17) is 67.2 Å². The maximum absolute atomic E-state index is 6.90. The first kappa shape index (κ1) is 31.8. The largest absolute Gasteiger partial charge is 0.456 e. The van der Waals surface area contributed by atoms with Gasteiger partial charge in [0.2, 0.25) is 0 Å². The summed E-state index contributed by atoms with van der Waals surface area (Å²) in [7, 11) is 53.7. The smallest absolute Gasteiger partial charge is 0.136 e. The molecule has 0 atom stereocenters. The zero-order valence-electron chi connectivity index (χ0n) is 27.4. The minimum absolute atomic E-state index is 0.171. The van der Waals surface area contributed by atoms with Gasteiger partial charge < -0.3 is 4.42 Å². The summed E-state index contributed by atoms with van der Waals surface area (Å²) in [4.78, 5) is 0. The van der Waals surface area contributed by atoms with Gasteiger partial charge in [0.1, 0.15) is 74.1 Å². The van der Waals surface area contributed by atoms with Crippen LogP contribution in [0.4, 0.5) is 0 Å². The molecule has 8 aromatic carbocycles. The van der Waals surface area contributed by atoms with Crippen molar-refractivity contribution >= 4 is 161 Å². The SMILES string of the molecule is [B]c1c([B])c([B])c2c(-c3ccc4oc(-c5cc6ccccc6c6ccccc56)cc4c3)c3c([B])c([B])c([B])c([B])c3c(-c3ccccc3)c2c1[B]. The normalized spacial score (nSPS) is 11.8. The van der Waals surface area contributed by atoms with Crippen LogP contribution in [0.5, 0.6) is 0 Å². The Morgan fingerprint density at radius 2 is 0.843 bits per heavy atom. The van der Waals surface area contributed by atoms with Crippen LogP contribution in [0.25, 0.3) is 87.6 Å². The molecule has 9 heteroatoms. The van der Waals surface area contributed by atoms with Crippen LogP contribution >= 0.6 is 0 Å². The van der Waals surface area contributed by atoms with E-state index >= 15 is 0 Å². The summed E-state index contributed by atoms with van der Waals surface area (Å²) in [6.07, 6.45) is 0. The topological polar surface area (TPSA) is 13.1 Å². The molecule has 0 spiro atoms. The van der Waals surface area contributed by atoms with E-state index in [1.54, 1.807) is 0 Å². The lowest BCUT2D eigenvalue weighted by molar-refractivity contribution is 0.632. The summed E-state index contributed by atoms with van der Waals surface area (Å²) in [5.74, 6) is 0.736. The molecule has 0 saturated carbocycles. The van der Waals surface area contributed by atoms with Crippen LogP contribution in [0.2, 0.25) is 0 Å². The second-order valence-corrected chi connectivity index (χ2v) is 13.0.